The zero-order valence-corrected chi connectivity index (χ0v) is 11.6. The van der Waals surface area contributed by atoms with Gasteiger partial charge in [-0.05, 0) is 43.5 Å². The maximum Gasteiger partial charge on any atom is 0.253 e. The number of rotatable bonds is 3. The van der Waals surface area contributed by atoms with Gasteiger partial charge in [0, 0.05) is 18.7 Å². The average Bonchev–Trinajstić information content (AvgIpc) is 2.39. The summed E-state index contributed by atoms with van der Waals surface area (Å²) in [6.45, 7) is 2.46. The fraction of sp³-hybridized carbons (Fsp3) is 0.562. The Labute approximate surface area is 115 Å². The normalized spacial score (nSPS) is 16.8. The summed E-state index contributed by atoms with van der Waals surface area (Å²) in [5.41, 5.74) is 7.54. The van der Waals surface area contributed by atoms with Crippen LogP contribution in [0, 0.1) is 0 Å². The second-order valence-electron chi connectivity index (χ2n) is 5.30. The fourth-order valence-electron chi connectivity index (χ4n) is 2.61. The van der Waals surface area contributed by atoms with Crippen LogP contribution in [0.15, 0.2) is 24.3 Å². The second kappa shape index (κ2) is 7.29. The number of hydrogen-bond donors (Lipinski definition) is 1. The first-order valence-electron chi connectivity index (χ1n) is 7.39. The molecule has 0 saturated carbocycles. The van der Waals surface area contributed by atoms with Gasteiger partial charge in [-0.25, -0.2) is 0 Å². The predicted octanol–water partition coefficient (Wildman–Crippen LogP) is 2.59. The van der Waals surface area contributed by atoms with Gasteiger partial charge in [-0.1, -0.05) is 31.4 Å². The summed E-state index contributed by atoms with van der Waals surface area (Å²) in [4.78, 5) is 14.4. The van der Waals surface area contributed by atoms with E-state index in [1.54, 1.807) is 0 Å². The Kier molecular flexibility index (Phi) is 5.40. The molecule has 1 aliphatic heterocycles. The summed E-state index contributed by atoms with van der Waals surface area (Å²) in [5, 5.41) is 0. The molecule has 1 heterocycles. The molecule has 104 valence electrons. The van der Waals surface area contributed by atoms with Crippen LogP contribution >= 0.6 is 0 Å². The van der Waals surface area contributed by atoms with E-state index < -0.39 is 0 Å². The lowest BCUT2D eigenvalue weighted by atomic mass is 10.1. The molecule has 3 heteroatoms. The van der Waals surface area contributed by atoms with Gasteiger partial charge in [0.05, 0.1) is 0 Å². The third-order valence-electron chi connectivity index (χ3n) is 3.78. The molecule has 2 rings (SSSR count). The maximum atomic E-state index is 12.4. The number of carbonyl (C=O) groups is 1. The summed E-state index contributed by atoms with van der Waals surface area (Å²) in [6.07, 6.45) is 6.96. The van der Waals surface area contributed by atoms with Crippen LogP contribution < -0.4 is 5.73 Å². The van der Waals surface area contributed by atoms with E-state index in [0.717, 1.165) is 37.9 Å². The molecule has 1 fully saturated rings. The molecule has 19 heavy (non-hydrogen) atoms. The summed E-state index contributed by atoms with van der Waals surface area (Å²) in [7, 11) is 0. The number of nitrogens with zero attached hydrogens (tertiary/aromatic N) is 1. The minimum atomic E-state index is 0.182. The molecule has 1 aromatic carbocycles. The molecule has 0 unspecified atom stereocenters. The van der Waals surface area contributed by atoms with Gasteiger partial charge >= 0.3 is 0 Å². The summed E-state index contributed by atoms with van der Waals surface area (Å²) >= 11 is 0. The van der Waals surface area contributed by atoms with E-state index in [2.05, 4.69) is 0 Å². The van der Waals surface area contributed by atoms with Crippen molar-refractivity contribution < 1.29 is 4.79 Å². The van der Waals surface area contributed by atoms with Crippen LogP contribution in [0.2, 0.25) is 0 Å². The van der Waals surface area contributed by atoms with Gasteiger partial charge in [0.25, 0.3) is 5.91 Å². The molecular formula is C16H24N2O. The highest BCUT2D eigenvalue weighted by Gasteiger charge is 2.16. The Hall–Kier alpha value is -1.35. The van der Waals surface area contributed by atoms with Crippen molar-refractivity contribution in [2.45, 2.75) is 38.5 Å². The Morgan fingerprint density at radius 1 is 1.00 bits per heavy atom. The minimum Gasteiger partial charge on any atom is -0.339 e. The first kappa shape index (κ1) is 14.1. The van der Waals surface area contributed by atoms with Gasteiger partial charge in [0.15, 0.2) is 0 Å². The average molecular weight is 260 g/mol. The van der Waals surface area contributed by atoms with E-state index in [1.807, 2.05) is 29.2 Å². The van der Waals surface area contributed by atoms with Gasteiger partial charge in [-0.15, -0.1) is 0 Å². The van der Waals surface area contributed by atoms with Crippen LogP contribution in [0.4, 0.5) is 0 Å². The van der Waals surface area contributed by atoms with Gasteiger partial charge < -0.3 is 10.6 Å². The number of benzene rings is 1. The van der Waals surface area contributed by atoms with Crippen molar-refractivity contribution in [3.63, 3.8) is 0 Å². The summed E-state index contributed by atoms with van der Waals surface area (Å²) in [6, 6.07) is 7.91. The van der Waals surface area contributed by atoms with E-state index in [1.165, 1.54) is 24.8 Å². The Morgan fingerprint density at radius 3 is 2.16 bits per heavy atom. The quantitative estimate of drug-likeness (QED) is 0.908. The molecule has 1 amide bonds. The van der Waals surface area contributed by atoms with E-state index >= 15 is 0 Å². The van der Waals surface area contributed by atoms with E-state index in [0.29, 0.717) is 6.54 Å². The lowest BCUT2D eigenvalue weighted by Gasteiger charge is -2.25. The smallest absolute Gasteiger partial charge is 0.253 e. The van der Waals surface area contributed by atoms with Gasteiger partial charge in [-0.3, -0.25) is 4.79 Å². The zero-order valence-electron chi connectivity index (χ0n) is 11.6. The van der Waals surface area contributed by atoms with Crippen molar-refractivity contribution in [3.8, 4) is 0 Å². The Bertz CT molecular complexity index is 392. The van der Waals surface area contributed by atoms with Crippen molar-refractivity contribution in [2.75, 3.05) is 19.6 Å². The second-order valence-corrected chi connectivity index (χ2v) is 5.30. The van der Waals surface area contributed by atoms with E-state index in [-0.39, 0.29) is 5.91 Å². The van der Waals surface area contributed by atoms with Crippen LogP contribution in [0.25, 0.3) is 0 Å². The Balaban J connectivity index is 2.00. The van der Waals surface area contributed by atoms with Crippen LogP contribution in [0.1, 0.15) is 48.0 Å². The SMILES string of the molecule is NCCc1ccc(C(=O)N2CCCCCCC2)cc1. The molecule has 0 spiro atoms. The highest BCUT2D eigenvalue weighted by Crippen LogP contribution is 2.14. The number of amides is 1. The lowest BCUT2D eigenvalue weighted by Crippen LogP contribution is -2.33. The molecule has 2 N–H and O–H groups in total. The minimum absolute atomic E-state index is 0.182. The van der Waals surface area contributed by atoms with Crippen molar-refractivity contribution in [1.29, 1.82) is 0 Å². The molecular weight excluding hydrogens is 236 g/mol. The molecule has 0 aliphatic carbocycles. The lowest BCUT2D eigenvalue weighted by molar-refractivity contribution is 0.0742. The van der Waals surface area contributed by atoms with Gasteiger partial charge in [-0.2, -0.15) is 0 Å². The molecule has 1 aliphatic rings. The zero-order chi connectivity index (χ0) is 13.5. The summed E-state index contributed by atoms with van der Waals surface area (Å²) < 4.78 is 0. The third kappa shape index (κ3) is 4.06. The number of carbonyl (C=O) groups excluding carboxylic acids is 1. The molecule has 3 nitrogen and oxygen atoms in total. The van der Waals surface area contributed by atoms with Gasteiger partial charge in [0.1, 0.15) is 0 Å². The standard InChI is InChI=1S/C16H24N2O/c17-11-10-14-6-8-15(9-7-14)16(19)18-12-4-2-1-3-5-13-18/h6-9H,1-5,10-13,17H2. The molecule has 0 bridgehead atoms. The van der Waals surface area contributed by atoms with Crippen molar-refractivity contribution >= 4 is 5.91 Å². The van der Waals surface area contributed by atoms with Crippen LogP contribution in [-0.4, -0.2) is 30.4 Å². The summed E-state index contributed by atoms with van der Waals surface area (Å²) in [5.74, 6) is 0.182. The number of likely N-dealkylation sites (tertiary alicyclic amines) is 1. The highest BCUT2D eigenvalue weighted by atomic mass is 16.2. The van der Waals surface area contributed by atoms with E-state index in [9.17, 15) is 4.79 Å². The fourth-order valence-corrected chi connectivity index (χ4v) is 2.61. The van der Waals surface area contributed by atoms with Crippen LogP contribution in [0.5, 0.6) is 0 Å². The molecule has 1 saturated heterocycles. The maximum absolute atomic E-state index is 12.4. The number of hydrogen-bond acceptors (Lipinski definition) is 2. The van der Waals surface area contributed by atoms with E-state index in [4.69, 9.17) is 5.73 Å². The monoisotopic (exact) mass is 260 g/mol. The van der Waals surface area contributed by atoms with Crippen molar-refractivity contribution in [1.82, 2.24) is 4.90 Å². The first-order valence-corrected chi connectivity index (χ1v) is 7.39. The molecule has 1 aromatic rings. The van der Waals surface area contributed by atoms with Crippen LogP contribution in [0.3, 0.4) is 0 Å². The highest BCUT2D eigenvalue weighted by molar-refractivity contribution is 5.94. The van der Waals surface area contributed by atoms with Crippen LogP contribution in [-0.2, 0) is 6.42 Å². The van der Waals surface area contributed by atoms with Gasteiger partial charge in [0.2, 0.25) is 0 Å². The van der Waals surface area contributed by atoms with Crippen molar-refractivity contribution in [2.24, 2.45) is 5.73 Å². The van der Waals surface area contributed by atoms with Crippen molar-refractivity contribution in [3.05, 3.63) is 35.4 Å². The third-order valence-corrected chi connectivity index (χ3v) is 3.78. The first-order chi connectivity index (χ1) is 9.31. The largest absolute Gasteiger partial charge is 0.339 e. The molecule has 0 radical (unpaired) electrons. The topological polar surface area (TPSA) is 46.3 Å². The molecule has 0 atom stereocenters. The Morgan fingerprint density at radius 2 is 1.58 bits per heavy atom. The number of nitrogens with two attached hydrogens (primary N) is 1. The predicted molar refractivity (Wildman–Crippen MR) is 78.2 cm³/mol. The molecule has 0 aromatic heterocycles.